The number of hydrogen-bond donors (Lipinski definition) is 1. The Morgan fingerprint density at radius 2 is 2.09 bits per heavy atom. The average molecular weight is 313 g/mol. The molecule has 0 unspecified atom stereocenters. The summed E-state index contributed by atoms with van der Waals surface area (Å²) in [6, 6.07) is 10.4. The van der Waals surface area contributed by atoms with Crippen LogP contribution >= 0.6 is 11.9 Å². The molecule has 0 atom stereocenters. The molecule has 0 aliphatic rings. The van der Waals surface area contributed by atoms with Crippen LogP contribution in [-0.4, -0.2) is 33.8 Å². The molecule has 114 valence electrons. The van der Waals surface area contributed by atoms with Gasteiger partial charge in [0.1, 0.15) is 0 Å². The second-order valence-corrected chi connectivity index (χ2v) is 6.35. The normalized spacial score (nSPS) is 11.3. The first-order chi connectivity index (χ1) is 10.6. The van der Waals surface area contributed by atoms with Gasteiger partial charge in [-0.15, -0.1) is 0 Å². The van der Waals surface area contributed by atoms with Gasteiger partial charge >= 0.3 is 0 Å². The van der Waals surface area contributed by atoms with Crippen molar-refractivity contribution >= 4 is 28.5 Å². The summed E-state index contributed by atoms with van der Waals surface area (Å²) < 4.78 is 5.18. The first-order valence-electron chi connectivity index (χ1n) is 7.07. The molecule has 0 fully saturated rings. The Kier molecular flexibility index (Phi) is 4.31. The Balaban J connectivity index is 1.87. The van der Waals surface area contributed by atoms with Gasteiger partial charge in [-0.1, -0.05) is 18.2 Å². The minimum Gasteiger partial charge on any atom is -0.324 e. The lowest BCUT2D eigenvalue weighted by Crippen LogP contribution is -2.11. The Hall–Kier alpha value is -2.05. The quantitative estimate of drug-likeness (QED) is 0.733. The van der Waals surface area contributed by atoms with E-state index < -0.39 is 0 Å². The second kappa shape index (κ2) is 6.37. The number of aryl methyl sites for hydroxylation is 1. The van der Waals surface area contributed by atoms with Crippen LogP contribution in [0.2, 0.25) is 0 Å². The predicted molar refractivity (Wildman–Crippen MR) is 91.8 cm³/mol. The minimum atomic E-state index is 0.833. The number of benzene rings is 1. The van der Waals surface area contributed by atoms with Crippen molar-refractivity contribution in [3.63, 3.8) is 0 Å². The van der Waals surface area contributed by atoms with Crippen molar-refractivity contribution in [2.75, 3.05) is 18.8 Å². The third-order valence-corrected chi connectivity index (χ3v) is 3.98. The molecule has 6 heteroatoms. The van der Waals surface area contributed by atoms with E-state index in [9.17, 15) is 0 Å². The summed E-state index contributed by atoms with van der Waals surface area (Å²) >= 11 is 1.55. The highest BCUT2D eigenvalue weighted by atomic mass is 32.2. The van der Waals surface area contributed by atoms with Gasteiger partial charge in [0.05, 0.1) is 28.0 Å². The van der Waals surface area contributed by atoms with Gasteiger partial charge in [-0.3, -0.25) is 4.68 Å². The van der Waals surface area contributed by atoms with E-state index in [4.69, 9.17) is 4.98 Å². The van der Waals surface area contributed by atoms with E-state index in [1.54, 1.807) is 16.6 Å². The lowest BCUT2D eigenvalue weighted by Gasteiger charge is -2.11. The van der Waals surface area contributed by atoms with Crippen LogP contribution in [0.5, 0.6) is 0 Å². The number of nitrogens with zero attached hydrogens (tertiary/aromatic N) is 4. The zero-order valence-corrected chi connectivity index (χ0v) is 13.8. The molecule has 3 rings (SSSR count). The Morgan fingerprint density at radius 1 is 1.23 bits per heavy atom. The molecular weight excluding hydrogens is 294 g/mol. The molecular formula is C16H19N5S. The summed E-state index contributed by atoms with van der Waals surface area (Å²) in [5.74, 6) is 0. The van der Waals surface area contributed by atoms with Crippen molar-refractivity contribution < 1.29 is 0 Å². The Labute approximate surface area is 134 Å². The highest BCUT2D eigenvalue weighted by Crippen LogP contribution is 2.27. The van der Waals surface area contributed by atoms with E-state index >= 15 is 0 Å². The zero-order chi connectivity index (χ0) is 15.5. The van der Waals surface area contributed by atoms with Crippen molar-refractivity contribution in [1.82, 2.24) is 19.7 Å². The number of fused-ring (bicyclic) bond motifs is 1. The molecule has 0 aliphatic heterocycles. The summed E-state index contributed by atoms with van der Waals surface area (Å²) in [7, 11) is 6.01. The number of rotatable bonds is 5. The van der Waals surface area contributed by atoms with Gasteiger partial charge in [0.2, 0.25) is 0 Å². The smallest absolute Gasteiger partial charge is 0.0945 e. The van der Waals surface area contributed by atoms with Crippen molar-refractivity contribution in [3.05, 3.63) is 48.4 Å². The van der Waals surface area contributed by atoms with E-state index in [0.717, 1.165) is 33.7 Å². The summed E-state index contributed by atoms with van der Waals surface area (Å²) in [6.45, 7) is 0.833. The van der Waals surface area contributed by atoms with E-state index in [2.05, 4.69) is 39.0 Å². The zero-order valence-electron chi connectivity index (χ0n) is 12.9. The molecule has 2 heterocycles. The molecule has 0 aliphatic carbocycles. The largest absolute Gasteiger partial charge is 0.324 e. The molecule has 0 spiro atoms. The van der Waals surface area contributed by atoms with E-state index in [0.29, 0.717) is 0 Å². The summed E-state index contributed by atoms with van der Waals surface area (Å²) in [5.41, 5.74) is 3.09. The van der Waals surface area contributed by atoms with Gasteiger partial charge in [0, 0.05) is 25.2 Å². The molecule has 5 nitrogen and oxygen atoms in total. The third kappa shape index (κ3) is 3.40. The van der Waals surface area contributed by atoms with Gasteiger partial charge in [0.15, 0.2) is 0 Å². The van der Waals surface area contributed by atoms with Crippen LogP contribution in [-0.2, 0) is 13.6 Å². The molecule has 1 N–H and O–H groups in total. The van der Waals surface area contributed by atoms with Crippen LogP contribution in [0.4, 0.5) is 5.69 Å². The van der Waals surface area contributed by atoms with Gasteiger partial charge in [-0.05, 0) is 38.2 Å². The van der Waals surface area contributed by atoms with Gasteiger partial charge in [-0.2, -0.15) is 5.10 Å². The molecule has 0 saturated carbocycles. The first-order valence-corrected chi connectivity index (χ1v) is 7.88. The molecule has 0 saturated heterocycles. The monoisotopic (exact) mass is 313 g/mol. The maximum Gasteiger partial charge on any atom is 0.0945 e. The van der Waals surface area contributed by atoms with E-state index in [1.165, 1.54) is 0 Å². The number of aromatic nitrogens is 3. The van der Waals surface area contributed by atoms with Crippen LogP contribution in [0.25, 0.3) is 10.9 Å². The maximum absolute atomic E-state index is 4.79. The van der Waals surface area contributed by atoms with Gasteiger partial charge in [-0.25, -0.2) is 4.98 Å². The van der Waals surface area contributed by atoms with E-state index in [1.807, 2.05) is 39.6 Å². The SMILES string of the molecule is CN(C)Cc1ccc2cccc(NSc3cnn(C)c3)c2n1. The number of para-hydroxylation sites is 1. The molecule has 0 bridgehead atoms. The Bertz CT molecular complexity index is 781. The van der Waals surface area contributed by atoms with Gasteiger partial charge < -0.3 is 9.62 Å². The number of anilines is 1. The lowest BCUT2D eigenvalue weighted by molar-refractivity contribution is 0.397. The van der Waals surface area contributed by atoms with E-state index in [-0.39, 0.29) is 0 Å². The summed E-state index contributed by atoms with van der Waals surface area (Å²) in [6.07, 6.45) is 3.82. The Morgan fingerprint density at radius 3 is 2.82 bits per heavy atom. The topological polar surface area (TPSA) is 46.0 Å². The average Bonchev–Trinajstić information content (AvgIpc) is 2.90. The first kappa shape index (κ1) is 14.9. The predicted octanol–water partition coefficient (Wildman–Crippen LogP) is 3.15. The number of pyridine rings is 1. The molecule has 3 aromatic rings. The molecule has 2 aromatic heterocycles. The van der Waals surface area contributed by atoms with Crippen molar-refractivity contribution in [3.8, 4) is 0 Å². The maximum atomic E-state index is 4.79. The third-order valence-electron chi connectivity index (χ3n) is 3.22. The molecule has 22 heavy (non-hydrogen) atoms. The molecule has 1 aromatic carbocycles. The van der Waals surface area contributed by atoms with Crippen LogP contribution < -0.4 is 4.72 Å². The summed E-state index contributed by atoms with van der Waals surface area (Å²) in [4.78, 5) is 7.99. The lowest BCUT2D eigenvalue weighted by atomic mass is 10.2. The molecule has 0 radical (unpaired) electrons. The van der Waals surface area contributed by atoms with Crippen molar-refractivity contribution in [2.45, 2.75) is 11.4 Å². The second-order valence-electron chi connectivity index (χ2n) is 5.47. The van der Waals surface area contributed by atoms with Crippen LogP contribution in [0.3, 0.4) is 0 Å². The van der Waals surface area contributed by atoms with Crippen molar-refractivity contribution in [2.24, 2.45) is 7.05 Å². The fourth-order valence-corrected chi connectivity index (χ4v) is 2.94. The van der Waals surface area contributed by atoms with Crippen LogP contribution in [0, 0.1) is 0 Å². The van der Waals surface area contributed by atoms with Crippen LogP contribution in [0.1, 0.15) is 5.69 Å². The van der Waals surface area contributed by atoms with Gasteiger partial charge in [0.25, 0.3) is 0 Å². The van der Waals surface area contributed by atoms with Crippen LogP contribution in [0.15, 0.2) is 47.6 Å². The number of nitrogens with one attached hydrogen (secondary N) is 1. The standard InChI is InChI=1S/C16H19N5S/c1-20(2)10-13-8-7-12-5-4-6-15(16(12)18-13)19-22-14-9-17-21(3)11-14/h4-9,11,19H,10H2,1-3H3. The minimum absolute atomic E-state index is 0.833. The number of hydrogen-bond acceptors (Lipinski definition) is 5. The fourth-order valence-electron chi connectivity index (χ4n) is 2.25. The fraction of sp³-hybridized carbons (Fsp3) is 0.250. The molecule has 0 amide bonds. The summed E-state index contributed by atoms with van der Waals surface area (Å²) in [5, 5.41) is 5.31. The van der Waals surface area contributed by atoms with Crippen molar-refractivity contribution in [1.29, 1.82) is 0 Å². The highest BCUT2D eigenvalue weighted by Gasteiger charge is 2.06. The highest BCUT2D eigenvalue weighted by molar-refractivity contribution is 8.00.